The third-order valence-electron chi connectivity index (χ3n) is 25.7. The zero-order valence-corrected chi connectivity index (χ0v) is 77.3. The molecule has 11 aliphatic rings. The molecule has 11 saturated heterocycles. The molecule has 0 bridgehead atoms. The quantitative estimate of drug-likeness (QED) is 0.0275. The molecule has 0 aliphatic carbocycles. The zero-order chi connectivity index (χ0) is 105. The number of carbonyl (C=O) groups excluding carboxylic acids is 7. The van der Waals surface area contributed by atoms with Crippen molar-refractivity contribution in [2.75, 3.05) is 66.1 Å². The molecule has 34 N–H and O–H groups in total. The number of aliphatic hydroxyl groups excluding tert-OH is 27. The number of ether oxygens (including phenoxy) is 21. The van der Waals surface area contributed by atoms with Crippen molar-refractivity contribution in [3.8, 4) is 0 Å². The maximum absolute atomic E-state index is 13.8. The first-order chi connectivity index (χ1) is 67.0. The molecule has 0 aromatic carbocycles. The van der Waals surface area contributed by atoms with Crippen molar-refractivity contribution in [1.29, 1.82) is 0 Å². The molecular weight excluding hydrogens is 1940 g/mol. The summed E-state index contributed by atoms with van der Waals surface area (Å²) in [7, 11) is 0. The van der Waals surface area contributed by atoms with Crippen molar-refractivity contribution in [2.24, 2.45) is 0 Å². The van der Waals surface area contributed by atoms with Crippen LogP contribution in [0.5, 0.6) is 0 Å². The van der Waals surface area contributed by atoms with Crippen LogP contribution >= 0.6 is 0 Å². The van der Waals surface area contributed by atoms with Gasteiger partial charge in [0.1, 0.15) is 262 Å². The van der Waals surface area contributed by atoms with Gasteiger partial charge in [-0.3, -0.25) is 33.6 Å². The summed E-state index contributed by atoms with van der Waals surface area (Å²) < 4.78 is 130. The predicted molar refractivity (Wildman–Crippen MR) is 442 cm³/mol. The van der Waals surface area contributed by atoms with Crippen LogP contribution in [-0.4, -0.2) is 583 Å². The fraction of sp³-hybridized carbons (Fsp3) is 0.912. The molecule has 0 unspecified atom stereocenters. The summed E-state index contributed by atoms with van der Waals surface area (Å²) in [5, 5.41) is 327. The number of hydrogen-bond donors (Lipinski definition) is 34. The zero-order valence-electron chi connectivity index (χ0n) is 77.3. The van der Waals surface area contributed by atoms with E-state index in [0.717, 1.165) is 48.5 Å². The lowest BCUT2D eigenvalue weighted by Crippen LogP contribution is -2.72. The molecule has 55 atom stereocenters. The van der Waals surface area contributed by atoms with E-state index < -0.39 is 445 Å². The van der Waals surface area contributed by atoms with Crippen molar-refractivity contribution in [3.63, 3.8) is 0 Å². The average Bonchev–Trinajstić information content (AvgIpc) is 0.753. The molecular formula is C80H133N7O55. The number of rotatable bonds is 37. The summed E-state index contributed by atoms with van der Waals surface area (Å²) in [4.78, 5) is 91.4. The highest BCUT2D eigenvalue weighted by molar-refractivity contribution is 5.75. The summed E-state index contributed by atoms with van der Waals surface area (Å²) in [6.07, 6.45) is -106. The normalized spacial score (nSPS) is 47.5. The van der Waals surface area contributed by atoms with E-state index in [4.69, 9.17) is 99.5 Å². The Morgan fingerprint density at radius 3 is 0.838 bits per heavy atom. The monoisotopic (exact) mass is 2070 g/mol. The van der Waals surface area contributed by atoms with Crippen LogP contribution in [0, 0.1) is 0 Å². The number of nitrogens with one attached hydrogen (secondary N) is 7. The van der Waals surface area contributed by atoms with Crippen LogP contribution in [0.1, 0.15) is 55.4 Å². The SMILES string of the molecule is CC(=O)N[C@@H]1[C@@H](O)[C@H](O[C@@H]2O[C@H](CO)[C@@H](O[C@@H]3O[C@H](CO[C@H]4O[C@H](CO[C@@H]5O[C@H](CO)[C@@H](O)[C@H](O)[C@H]5NC(C)=O)[C@@H](O)[C@H](O)[C@@H]4O[C@@H]4O[C@H](CO)[C@@H](O)[C@H](O)[C@H]4NC(C)=O)[C@@H](O[C@@H]4O[C@H](CO)[C@@H](O)[C@H](O)[C@H]4NC(C)=O)[C@H](O[C@H]4O[C@H](CO)[C@@H](O[C@@H]5O[C@H](CO)[C@@H](O)[C@H](O)[C@H]5NC(C)=O)[C@H](O)[C@@H]4O[C@@H]4O[C@H](CO)[C@@H](O)[C@H](O)[C@H]4NC(C)=O)[C@@H]3O)[C@H](O)[C@H]2NC(C)=O)[C@@H](CO[C@@H]2O[C@@H](C)[C@@H](O)[C@@H](O)[C@@H]2O)O[C@H]1O. The molecule has 7 amide bonds. The molecule has 0 aromatic rings. The summed E-state index contributed by atoms with van der Waals surface area (Å²) in [5.41, 5.74) is 0. The highest BCUT2D eigenvalue weighted by Gasteiger charge is 2.64. The van der Waals surface area contributed by atoms with Gasteiger partial charge in [0.2, 0.25) is 41.4 Å². The number of aliphatic hydroxyl groups is 27. The minimum absolute atomic E-state index is 0.866. The summed E-state index contributed by atoms with van der Waals surface area (Å²) in [6.45, 7) is -4.24. The molecule has 818 valence electrons. The van der Waals surface area contributed by atoms with E-state index in [9.17, 15) is 171 Å². The van der Waals surface area contributed by atoms with Crippen molar-refractivity contribution < 1.29 is 271 Å². The maximum atomic E-state index is 13.8. The van der Waals surface area contributed by atoms with Crippen molar-refractivity contribution in [2.45, 2.75) is 393 Å². The summed E-state index contributed by atoms with van der Waals surface area (Å²) in [6, 6.07) is -13.8. The van der Waals surface area contributed by atoms with Crippen molar-refractivity contribution >= 4 is 41.4 Å². The molecule has 0 spiro atoms. The molecule has 11 fully saturated rings. The molecule has 62 heteroatoms. The van der Waals surface area contributed by atoms with Crippen LogP contribution in [0.15, 0.2) is 0 Å². The maximum Gasteiger partial charge on any atom is 0.217 e. The van der Waals surface area contributed by atoms with Gasteiger partial charge in [-0.15, -0.1) is 0 Å². The smallest absolute Gasteiger partial charge is 0.217 e. The minimum atomic E-state index is -2.90. The fourth-order valence-electron chi connectivity index (χ4n) is 18.4. The largest absolute Gasteiger partial charge is 0.394 e. The van der Waals surface area contributed by atoms with Gasteiger partial charge in [0.05, 0.1) is 72.2 Å². The first kappa shape index (κ1) is 117. The highest BCUT2D eigenvalue weighted by atomic mass is 16.8. The second-order valence-electron chi connectivity index (χ2n) is 36.0. The summed E-state index contributed by atoms with van der Waals surface area (Å²) in [5.74, 6) is -6.81. The van der Waals surface area contributed by atoms with E-state index in [1.165, 1.54) is 6.92 Å². The Morgan fingerprint density at radius 2 is 0.451 bits per heavy atom. The van der Waals surface area contributed by atoms with Crippen LogP contribution < -0.4 is 37.2 Å². The Balaban J connectivity index is 1.08. The lowest BCUT2D eigenvalue weighted by molar-refractivity contribution is -0.412. The lowest BCUT2D eigenvalue weighted by Gasteiger charge is -2.53. The van der Waals surface area contributed by atoms with Crippen LogP contribution in [0.4, 0.5) is 0 Å². The first-order valence-corrected chi connectivity index (χ1v) is 45.5. The van der Waals surface area contributed by atoms with E-state index in [-0.39, 0.29) is 0 Å². The third kappa shape index (κ3) is 26.7. The van der Waals surface area contributed by atoms with Gasteiger partial charge in [-0.1, -0.05) is 0 Å². The third-order valence-corrected chi connectivity index (χ3v) is 25.7. The van der Waals surface area contributed by atoms with E-state index >= 15 is 0 Å². The van der Waals surface area contributed by atoms with Gasteiger partial charge in [0.15, 0.2) is 69.2 Å². The van der Waals surface area contributed by atoms with E-state index in [1.807, 2.05) is 0 Å². The fourth-order valence-corrected chi connectivity index (χ4v) is 18.4. The molecule has 62 nitrogen and oxygen atoms in total. The standard InChI is InChI=1S/C80H133N7O55/c1-19-44(102)58(116)60(118)77(125-19)123-17-35-65(56(114)37(70(121)126-35)81-20(2)95)137-76-43(87-26(8)101)57(115)63(32(14-93)132-76)138-78-62(120)67(140-80-69(142-75-42(86-25(7)100)55(113)49(107)31(13-92)131-75)61(119)64(33(15-94)133-80)136-72-39(83-22(4)97)52(110)46(104)28(10-89)128-72)66(139-73-40(84-23(5)98)53(111)47(105)29(11-90)129-73)36(135-78)18-124-79-68(141-74-41(85-24(6)99)54(112)48(106)30(12-91)130-74)59(117)50(108)34(134-79)16-122-71-38(82-21(3)96)51(109)45(103)27(9-88)127-71/h19,27-80,88-94,102-121H,9-18H2,1-8H3,(H,81,95)(H,82,96)(H,83,97)(H,84,98)(H,85,99)(H,86,100)(H,87,101)/t19-,27+,28+,29+,30+,31+,32+,33+,34+,35+,36+,37+,38+,39+,40+,41+,42+,43+,44+,45+,46+,47+,48+,49+,50+,51+,52+,53+,54+,55+,56+,57+,58+,59-,60-,61-,62-,63+,64+,65+,66+,67+,68-,69-,70+,71+,72-,73-,74-,75-,76-,77+,78-,79-,80+/m0/s1. The Kier molecular flexibility index (Phi) is 42.1. The Labute approximate surface area is 805 Å². The van der Waals surface area contributed by atoms with Crippen molar-refractivity contribution in [1.82, 2.24) is 37.2 Å². The van der Waals surface area contributed by atoms with Gasteiger partial charge < -0.3 is 275 Å². The van der Waals surface area contributed by atoms with Gasteiger partial charge in [-0.25, -0.2) is 0 Å². The topological polar surface area (TPSA) is 944 Å². The Bertz CT molecular complexity index is 4030. The van der Waals surface area contributed by atoms with E-state index in [0.29, 0.717) is 0 Å². The highest BCUT2D eigenvalue weighted by Crippen LogP contribution is 2.43. The van der Waals surface area contributed by atoms with Crippen molar-refractivity contribution in [3.05, 3.63) is 0 Å². The summed E-state index contributed by atoms with van der Waals surface area (Å²) >= 11 is 0. The molecule has 0 saturated carbocycles. The van der Waals surface area contributed by atoms with Crippen LogP contribution in [0.2, 0.25) is 0 Å². The van der Waals surface area contributed by atoms with Gasteiger partial charge in [-0.05, 0) is 6.92 Å². The molecule has 0 radical (unpaired) electrons. The molecule has 11 heterocycles. The number of hydrogen-bond acceptors (Lipinski definition) is 55. The lowest BCUT2D eigenvalue weighted by atomic mass is 9.93. The van der Waals surface area contributed by atoms with Crippen LogP contribution in [0.3, 0.4) is 0 Å². The Morgan fingerprint density at radius 1 is 0.197 bits per heavy atom. The second kappa shape index (κ2) is 51.3. The van der Waals surface area contributed by atoms with Gasteiger partial charge in [0.25, 0.3) is 0 Å². The molecule has 11 rings (SSSR count). The van der Waals surface area contributed by atoms with Crippen LogP contribution in [0.25, 0.3) is 0 Å². The molecule has 11 aliphatic heterocycles. The van der Waals surface area contributed by atoms with Gasteiger partial charge in [0, 0.05) is 48.5 Å². The molecule has 142 heavy (non-hydrogen) atoms. The Hall–Kier alpha value is -5.63. The van der Waals surface area contributed by atoms with E-state index in [1.54, 1.807) is 0 Å². The van der Waals surface area contributed by atoms with Gasteiger partial charge >= 0.3 is 0 Å². The van der Waals surface area contributed by atoms with Crippen LogP contribution in [-0.2, 0) is 133 Å². The van der Waals surface area contributed by atoms with E-state index in [2.05, 4.69) is 37.2 Å². The minimum Gasteiger partial charge on any atom is -0.394 e. The average molecular weight is 2070 g/mol. The predicted octanol–water partition coefficient (Wildman–Crippen LogP) is -22.9. The number of carbonyl (C=O) groups is 7. The van der Waals surface area contributed by atoms with Gasteiger partial charge in [-0.2, -0.15) is 0 Å². The molecule has 0 aromatic heterocycles. The number of amides is 7. The second-order valence-corrected chi connectivity index (χ2v) is 36.0. The first-order valence-electron chi connectivity index (χ1n) is 45.5.